The van der Waals surface area contributed by atoms with Crippen LogP contribution in [-0.4, -0.2) is 61.3 Å². The minimum absolute atomic E-state index is 0.0794. The van der Waals surface area contributed by atoms with Gasteiger partial charge in [-0.05, 0) is 44.5 Å². The molecule has 2 saturated heterocycles. The molecule has 2 heterocycles. The molecule has 3 rings (SSSR count). The van der Waals surface area contributed by atoms with Gasteiger partial charge < -0.3 is 9.80 Å². The predicted molar refractivity (Wildman–Crippen MR) is 114 cm³/mol. The number of anilines is 2. The number of alkyl halides is 1. The number of hydrogen-bond acceptors (Lipinski definition) is 5. The standard InChI is InChI=1S/C18H24ClN3O3S2/c1-4-21(5-2)13-6-7-14(12(3)8-13)22-15-10-27(24,25)11-16(15)26-18(22)20-17(23)9-19/h6-8,15-16H,4-5,9-11H2,1-3H3. The van der Waals surface area contributed by atoms with Crippen molar-refractivity contribution in [2.45, 2.75) is 32.1 Å². The van der Waals surface area contributed by atoms with E-state index in [1.165, 1.54) is 11.8 Å². The number of benzene rings is 1. The molecule has 2 aliphatic rings. The molecule has 0 aromatic heterocycles. The zero-order valence-corrected chi connectivity index (χ0v) is 18.1. The van der Waals surface area contributed by atoms with Crippen LogP contribution in [0.15, 0.2) is 23.2 Å². The van der Waals surface area contributed by atoms with Crippen LogP contribution in [-0.2, 0) is 14.6 Å². The van der Waals surface area contributed by atoms with Crippen molar-refractivity contribution >= 4 is 55.6 Å². The predicted octanol–water partition coefficient (Wildman–Crippen LogP) is 2.68. The van der Waals surface area contributed by atoms with Gasteiger partial charge in [0.2, 0.25) is 0 Å². The van der Waals surface area contributed by atoms with Crippen LogP contribution in [0.2, 0.25) is 0 Å². The van der Waals surface area contributed by atoms with Crippen LogP contribution in [0, 0.1) is 6.92 Å². The van der Waals surface area contributed by atoms with Gasteiger partial charge in [0.05, 0.1) is 17.5 Å². The fourth-order valence-electron chi connectivity index (χ4n) is 3.68. The number of hydrogen-bond donors (Lipinski definition) is 0. The van der Waals surface area contributed by atoms with E-state index < -0.39 is 15.7 Å². The summed E-state index contributed by atoms with van der Waals surface area (Å²) in [5.41, 5.74) is 3.04. The third-order valence-electron chi connectivity index (χ3n) is 4.97. The number of amides is 1. The second kappa shape index (κ2) is 8.01. The largest absolute Gasteiger partial charge is 0.372 e. The molecule has 0 spiro atoms. The topological polar surface area (TPSA) is 70.0 Å². The lowest BCUT2D eigenvalue weighted by Crippen LogP contribution is -2.38. The van der Waals surface area contributed by atoms with Gasteiger partial charge in [-0.25, -0.2) is 8.42 Å². The van der Waals surface area contributed by atoms with Crippen LogP contribution in [0.5, 0.6) is 0 Å². The highest BCUT2D eigenvalue weighted by Gasteiger charge is 2.49. The third kappa shape index (κ3) is 4.12. The number of halogens is 1. The molecule has 6 nitrogen and oxygen atoms in total. The van der Waals surface area contributed by atoms with Gasteiger partial charge in [0.25, 0.3) is 5.91 Å². The molecule has 9 heteroatoms. The van der Waals surface area contributed by atoms with Crippen molar-refractivity contribution in [1.82, 2.24) is 0 Å². The van der Waals surface area contributed by atoms with Crippen LogP contribution in [0.25, 0.3) is 0 Å². The van der Waals surface area contributed by atoms with E-state index in [0.29, 0.717) is 5.17 Å². The highest BCUT2D eigenvalue weighted by atomic mass is 35.5. The molecule has 2 atom stereocenters. The third-order valence-corrected chi connectivity index (χ3v) is 8.41. The average molecular weight is 430 g/mol. The van der Waals surface area contributed by atoms with E-state index >= 15 is 0 Å². The number of sulfone groups is 1. The Balaban J connectivity index is 2.02. The average Bonchev–Trinajstić information content (AvgIpc) is 3.07. The molecule has 148 valence electrons. The van der Waals surface area contributed by atoms with Crippen molar-refractivity contribution in [1.29, 1.82) is 0 Å². The number of nitrogens with zero attached hydrogens (tertiary/aromatic N) is 3. The van der Waals surface area contributed by atoms with Crippen molar-refractivity contribution in [2.24, 2.45) is 4.99 Å². The van der Waals surface area contributed by atoms with Crippen LogP contribution in [0.4, 0.5) is 11.4 Å². The molecule has 0 radical (unpaired) electrons. The van der Waals surface area contributed by atoms with Crippen LogP contribution < -0.4 is 9.80 Å². The van der Waals surface area contributed by atoms with E-state index in [0.717, 1.165) is 30.0 Å². The minimum Gasteiger partial charge on any atom is -0.372 e. The molecule has 1 aromatic carbocycles. The first kappa shape index (κ1) is 20.5. The van der Waals surface area contributed by atoms with Gasteiger partial charge in [0.15, 0.2) is 15.0 Å². The van der Waals surface area contributed by atoms with Gasteiger partial charge >= 0.3 is 0 Å². The first-order valence-electron chi connectivity index (χ1n) is 8.99. The molecule has 0 N–H and O–H groups in total. The summed E-state index contributed by atoms with van der Waals surface area (Å²) in [5.74, 6) is -0.408. The number of aryl methyl sites for hydroxylation is 1. The smallest absolute Gasteiger partial charge is 0.262 e. The molecule has 2 aliphatic heterocycles. The Morgan fingerprint density at radius 2 is 2.04 bits per heavy atom. The van der Waals surface area contributed by atoms with Crippen LogP contribution in [0.3, 0.4) is 0 Å². The first-order chi connectivity index (χ1) is 12.8. The molecule has 1 amide bonds. The zero-order chi connectivity index (χ0) is 19.8. The highest BCUT2D eigenvalue weighted by Crippen LogP contribution is 2.42. The van der Waals surface area contributed by atoms with E-state index in [4.69, 9.17) is 11.6 Å². The van der Waals surface area contributed by atoms with Gasteiger partial charge in [-0.2, -0.15) is 4.99 Å². The summed E-state index contributed by atoms with van der Waals surface area (Å²) in [5, 5.41) is 0.433. The normalized spacial score (nSPS) is 25.0. The van der Waals surface area contributed by atoms with Crippen molar-refractivity contribution in [2.75, 3.05) is 40.3 Å². The van der Waals surface area contributed by atoms with E-state index in [1.54, 1.807) is 0 Å². The lowest BCUT2D eigenvalue weighted by molar-refractivity contribution is -0.115. The lowest BCUT2D eigenvalue weighted by Gasteiger charge is -2.28. The summed E-state index contributed by atoms with van der Waals surface area (Å²) in [6.07, 6.45) is 0. The summed E-state index contributed by atoms with van der Waals surface area (Å²) in [6.45, 7) is 8.05. The number of amidine groups is 1. The maximum Gasteiger partial charge on any atom is 0.262 e. The van der Waals surface area contributed by atoms with Crippen molar-refractivity contribution in [3.8, 4) is 0 Å². The zero-order valence-electron chi connectivity index (χ0n) is 15.7. The summed E-state index contributed by atoms with van der Waals surface area (Å²) < 4.78 is 24.3. The Morgan fingerprint density at radius 3 is 2.63 bits per heavy atom. The van der Waals surface area contributed by atoms with Gasteiger partial charge in [-0.15, -0.1) is 11.6 Å². The van der Waals surface area contributed by atoms with E-state index in [2.05, 4.69) is 29.8 Å². The minimum atomic E-state index is -3.08. The Labute approximate surface area is 169 Å². The lowest BCUT2D eigenvalue weighted by atomic mass is 10.1. The molecule has 0 aliphatic carbocycles. The van der Waals surface area contributed by atoms with Crippen LogP contribution in [0.1, 0.15) is 19.4 Å². The summed E-state index contributed by atoms with van der Waals surface area (Å²) >= 11 is 6.99. The van der Waals surface area contributed by atoms with E-state index in [-0.39, 0.29) is 28.7 Å². The number of aliphatic imine (C=N–C) groups is 1. The second-order valence-electron chi connectivity index (χ2n) is 6.74. The molecule has 2 unspecified atom stereocenters. The SMILES string of the molecule is CCN(CC)c1ccc(N2C(=NC(=O)CCl)SC3CS(=O)(=O)CC32)c(C)c1. The van der Waals surface area contributed by atoms with E-state index in [9.17, 15) is 13.2 Å². The van der Waals surface area contributed by atoms with Crippen molar-refractivity contribution in [3.05, 3.63) is 23.8 Å². The number of thioether (sulfide) groups is 1. The van der Waals surface area contributed by atoms with Gasteiger partial charge in [0, 0.05) is 29.7 Å². The summed E-state index contributed by atoms with van der Waals surface area (Å²) in [6, 6.07) is 5.93. The first-order valence-corrected chi connectivity index (χ1v) is 12.2. The molecule has 2 fully saturated rings. The Kier molecular flexibility index (Phi) is 6.08. The number of carbonyl (C=O) groups is 1. The van der Waals surface area contributed by atoms with Crippen molar-refractivity contribution in [3.63, 3.8) is 0 Å². The Bertz CT molecular complexity index is 869. The number of fused-ring (bicyclic) bond motifs is 1. The Morgan fingerprint density at radius 1 is 1.33 bits per heavy atom. The molecule has 0 saturated carbocycles. The number of rotatable bonds is 5. The summed E-state index contributed by atoms with van der Waals surface area (Å²) in [4.78, 5) is 20.1. The summed E-state index contributed by atoms with van der Waals surface area (Å²) in [7, 11) is -3.08. The molecule has 1 aromatic rings. The van der Waals surface area contributed by atoms with E-state index in [1.807, 2.05) is 24.0 Å². The monoisotopic (exact) mass is 429 g/mol. The molecular formula is C18H24ClN3O3S2. The van der Waals surface area contributed by atoms with Gasteiger partial charge in [-0.3, -0.25) is 4.79 Å². The quantitative estimate of drug-likeness (QED) is 0.670. The van der Waals surface area contributed by atoms with Crippen LogP contribution >= 0.6 is 23.4 Å². The highest BCUT2D eigenvalue weighted by molar-refractivity contribution is 8.16. The van der Waals surface area contributed by atoms with Gasteiger partial charge in [-0.1, -0.05) is 11.8 Å². The maximum atomic E-state index is 12.1. The number of carbonyl (C=O) groups excluding carboxylic acids is 1. The van der Waals surface area contributed by atoms with Crippen molar-refractivity contribution < 1.29 is 13.2 Å². The van der Waals surface area contributed by atoms with Gasteiger partial charge in [0.1, 0.15) is 5.88 Å². The fraction of sp³-hybridized carbons (Fsp3) is 0.556. The molecule has 27 heavy (non-hydrogen) atoms. The molecule has 0 bridgehead atoms. The molecular weight excluding hydrogens is 406 g/mol. The fourth-order valence-corrected chi connectivity index (χ4v) is 7.66. The second-order valence-corrected chi connectivity index (χ2v) is 10.4. The maximum absolute atomic E-state index is 12.1. The Hall–Kier alpha value is -1.25.